The number of imidazole rings is 1. The molecule has 3 aliphatic rings. The van der Waals surface area contributed by atoms with Crippen molar-refractivity contribution in [1.29, 1.82) is 0 Å². The number of rotatable bonds is 10. The Hall–Kier alpha value is -5.00. The van der Waals surface area contributed by atoms with Crippen LogP contribution in [0.4, 0.5) is 14.0 Å². The Morgan fingerprint density at radius 2 is 1.69 bits per heavy atom. The number of amides is 3. The zero-order chi connectivity index (χ0) is 47.2. The van der Waals surface area contributed by atoms with Crippen molar-refractivity contribution in [3.05, 3.63) is 53.1 Å². The molecule has 2 aromatic carbocycles. The van der Waals surface area contributed by atoms with Crippen LogP contribution in [0.25, 0.3) is 33.5 Å². The SMILES string of the molecule is CCc1cc(O)c(F)cc1-c1ccc2c(-c3nc4c(n3COCC[Si](C)(C)C)CN(C(=O)OC(C)(C)C)[C@H](C(=O)N3CCN(C(=O)OC(C)(C)C)CC3C)C4)nn(C3CCCCO3)c2c1. The van der Waals surface area contributed by atoms with Gasteiger partial charge in [-0.2, -0.15) is 5.10 Å². The number of benzene rings is 2. The zero-order valence-electron chi connectivity index (χ0n) is 40.1. The number of hydrogen-bond acceptors (Lipinski definition) is 10. The van der Waals surface area contributed by atoms with Crippen LogP contribution in [0.15, 0.2) is 30.3 Å². The molecule has 0 saturated carbocycles. The zero-order valence-corrected chi connectivity index (χ0v) is 41.1. The van der Waals surface area contributed by atoms with E-state index in [0.717, 1.165) is 47.3 Å². The molecule has 0 spiro atoms. The van der Waals surface area contributed by atoms with E-state index in [1.54, 1.807) is 30.6 Å². The van der Waals surface area contributed by atoms with Crippen LogP contribution < -0.4 is 0 Å². The summed E-state index contributed by atoms with van der Waals surface area (Å²) in [5.74, 6) is -0.813. The average molecular weight is 918 g/mol. The molecule has 0 radical (unpaired) electrons. The summed E-state index contributed by atoms with van der Waals surface area (Å²) >= 11 is 0. The molecule has 4 aromatic rings. The van der Waals surface area contributed by atoms with Crippen molar-refractivity contribution >= 4 is 37.1 Å². The van der Waals surface area contributed by atoms with Crippen LogP contribution in [-0.2, 0) is 49.9 Å². The monoisotopic (exact) mass is 917 g/mol. The summed E-state index contributed by atoms with van der Waals surface area (Å²) in [6.45, 7) is 23.7. The number of ether oxygens (including phenoxy) is 4. The maximum absolute atomic E-state index is 14.9. The number of aromatic nitrogens is 4. The van der Waals surface area contributed by atoms with E-state index in [9.17, 15) is 23.9 Å². The molecule has 354 valence electrons. The minimum Gasteiger partial charge on any atom is -0.505 e. The first kappa shape index (κ1) is 47.9. The smallest absolute Gasteiger partial charge is 0.411 e. The highest BCUT2D eigenvalue weighted by atomic mass is 28.3. The number of hydrogen-bond donors (Lipinski definition) is 1. The van der Waals surface area contributed by atoms with Crippen molar-refractivity contribution in [2.75, 3.05) is 32.8 Å². The minimum absolute atomic E-state index is 0.0258. The molecule has 0 aliphatic carbocycles. The summed E-state index contributed by atoms with van der Waals surface area (Å²) in [6.07, 6.45) is 1.95. The third-order valence-electron chi connectivity index (χ3n) is 12.1. The fraction of sp³-hybridized carbons (Fsp3) is 0.604. The molecule has 5 heterocycles. The van der Waals surface area contributed by atoms with Gasteiger partial charge in [-0.25, -0.2) is 23.6 Å². The van der Waals surface area contributed by atoms with Crippen molar-refractivity contribution in [3.8, 4) is 28.4 Å². The maximum atomic E-state index is 14.9. The number of halogens is 1. The van der Waals surface area contributed by atoms with Gasteiger partial charge in [0.2, 0.25) is 5.91 Å². The molecule has 17 heteroatoms. The lowest BCUT2D eigenvalue weighted by atomic mass is 9.96. The highest BCUT2D eigenvalue weighted by Crippen LogP contribution is 2.39. The molecular weight excluding hydrogens is 850 g/mol. The molecule has 1 N–H and O–H groups in total. The molecule has 65 heavy (non-hydrogen) atoms. The van der Waals surface area contributed by atoms with Crippen LogP contribution in [0.2, 0.25) is 25.7 Å². The number of nitrogens with zero attached hydrogens (tertiary/aromatic N) is 7. The predicted octanol–water partition coefficient (Wildman–Crippen LogP) is 9.11. The highest BCUT2D eigenvalue weighted by molar-refractivity contribution is 6.76. The maximum Gasteiger partial charge on any atom is 0.411 e. The first-order chi connectivity index (χ1) is 30.5. The number of phenols is 1. The van der Waals surface area contributed by atoms with E-state index in [2.05, 4.69) is 19.6 Å². The number of piperazine rings is 1. The second-order valence-electron chi connectivity index (χ2n) is 20.9. The van der Waals surface area contributed by atoms with Crippen LogP contribution in [0.5, 0.6) is 5.75 Å². The van der Waals surface area contributed by atoms with Crippen molar-refractivity contribution in [1.82, 2.24) is 34.0 Å². The Morgan fingerprint density at radius 1 is 0.969 bits per heavy atom. The first-order valence-electron chi connectivity index (χ1n) is 23.1. The molecule has 7 rings (SSSR count). The van der Waals surface area contributed by atoms with Gasteiger partial charge in [-0.15, -0.1) is 0 Å². The van der Waals surface area contributed by atoms with Crippen LogP contribution in [0.3, 0.4) is 0 Å². The van der Waals surface area contributed by atoms with Gasteiger partial charge in [0.05, 0.1) is 23.4 Å². The number of fused-ring (bicyclic) bond motifs is 2. The van der Waals surface area contributed by atoms with E-state index in [4.69, 9.17) is 29.0 Å². The summed E-state index contributed by atoms with van der Waals surface area (Å²) in [5.41, 5.74) is 3.47. The number of aromatic hydroxyl groups is 1. The number of phenolic OH excluding ortho intramolecular Hbond substituents is 1. The lowest BCUT2D eigenvalue weighted by Crippen LogP contribution is -2.61. The van der Waals surface area contributed by atoms with Crippen LogP contribution in [0.1, 0.15) is 97.8 Å². The average Bonchev–Trinajstić information content (AvgIpc) is 3.78. The molecule has 3 aliphatic heterocycles. The molecule has 15 nitrogen and oxygen atoms in total. The Morgan fingerprint density at radius 3 is 2.34 bits per heavy atom. The summed E-state index contributed by atoms with van der Waals surface area (Å²) in [4.78, 5) is 52.3. The summed E-state index contributed by atoms with van der Waals surface area (Å²) in [7, 11) is -1.46. The fourth-order valence-electron chi connectivity index (χ4n) is 8.77. The number of carbonyl (C=O) groups is 3. The molecule has 2 aromatic heterocycles. The second-order valence-corrected chi connectivity index (χ2v) is 26.5. The first-order valence-corrected chi connectivity index (χ1v) is 26.8. The van der Waals surface area contributed by atoms with Gasteiger partial charge in [0.25, 0.3) is 0 Å². The van der Waals surface area contributed by atoms with Crippen LogP contribution in [-0.4, -0.2) is 121 Å². The minimum atomic E-state index is -1.46. The Kier molecular flexibility index (Phi) is 13.8. The Bertz CT molecular complexity index is 2410. The highest BCUT2D eigenvalue weighted by Gasteiger charge is 2.44. The van der Waals surface area contributed by atoms with Gasteiger partial charge in [-0.3, -0.25) is 9.69 Å². The van der Waals surface area contributed by atoms with Crippen LogP contribution in [0, 0.1) is 5.82 Å². The van der Waals surface area contributed by atoms with Crippen molar-refractivity contribution in [3.63, 3.8) is 0 Å². The predicted molar refractivity (Wildman–Crippen MR) is 249 cm³/mol. The van der Waals surface area contributed by atoms with Crippen molar-refractivity contribution < 1.29 is 42.8 Å². The van der Waals surface area contributed by atoms with Gasteiger partial charge in [0.1, 0.15) is 29.7 Å². The molecule has 2 saturated heterocycles. The summed E-state index contributed by atoms with van der Waals surface area (Å²) in [5, 5.41) is 16.3. The lowest BCUT2D eigenvalue weighted by molar-refractivity contribution is -0.142. The molecule has 3 atom stereocenters. The number of aryl methyl sites for hydroxylation is 1. The van der Waals surface area contributed by atoms with E-state index in [1.165, 1.54) is 17.0 Å². The quantitative estimate of drug-likeness (QED) is 0.120. The molecule has 3 amide bonds. The van der Waals surface area contributed by atoms with Gasteiger partial charge < -0.3 is 38.4 Å². The lowest BCUT2D eigenvalue weighted by Gasteiger charge is -2.43. The molecule has 2 fully saturated rings. The van der Waals surface area contributed by atoms with E-state index < -0.39 is 43.3 Å². The Balaban J connectivity index is 1.32. The standard InChI is InChI=1S/C48H68FN7O8Si/c1-12-31-24-40(57)35(49)25-34(31)32-16-17-33-37(23-32)56(41-15-13-14-20-62-41)51-42(33)43-50-36-26-38(44(58)53-19-18-52(27-30(53)2)45(59)63-47(3,4)5)54(46(60)64-48(6,7)8)28-39(36)55(43)29-61-21-22-65(9,10)11/h16-17,23-25,30,38,41,57H,12-15,18-22,26-29H2,1-11H3/t30?,38-,41?/m0/s1. The van der Waals surface area contributed by atoms with Gasteiger partial charge in [-0.05, 0) is 121 Å². The normalized spacial score (nSPS) is 19.7. The summed E-state index contributed by atoms with van der Waals surface area (Å²) < 4.78 is 43.2. The van der Waals surface area contributed by atoms with Crippen molar-refractivity contribution in [2.24, 2.45) is 0 Å². The van der Waals surface area contributed by atoms with E-state index in [1.807, 2.05) is 62.1 Å². The van der Waals surface area contributed by atoms with Gasteiger partial charge in [0.15, 0.2) is 23.6 Å². The second kappa shape index (κ2) is 18.7. The van der Waals surface area contributed by atoms with Gasteiger partial charge >= 0.3 is 12.2 Å². The number of carbonyl (C=O) groups excluding carboxylic acids is 3. The third-order valence-corrected chi connectivity index (χ3v) is 13.8. The molecule has 0 bridgehead atoms. The molecular formula is C48H68FN7O8Si. The Labute approximate surface area is 383 Å². The molecule has 2 unspecified atom stereocenters. The largest absolute Gasteiger partial charge is 0.505 e. The third kappa shape index (κ3) is 10.8. The van der Waals surface area contributed by atoms with E-state index in [-0.39, 0.29) is 63.3 Å². The van der Waals surface area contributed by atoms with E-state index in [0.29, 0.717) is 48.1 Å². The van der Waals surface area contributed by atoms with Crippen molar-refractivity contribution in [2.45, 2.75) is 156 Å². The van der Waals surface area contributed by atoms with Crippen LogP contribution >= 0.6 is 0 Å². The van der Waals surface area contributed by atoms with Gasteiger partial charge in [0, 0.05) is 58.8 Å². The fourth-order valence-corrected chi connectivity index (χ4v) is 9.53. The van der Waals surface area contributed by atoms with Gasteiger partial charge in [-0.1, -0.05) is 32.6 Å². The van der Waals surface area contributed by atoms with E-state index >= 15 is 0 Å². The summed E-state index contributed by atoms with van der Waals surface area (Å²) in [6, 6.07) is 8.40. The topological polar surface area (TPSA) is 154 Å².